The normalized spacial score (nSPS) is 11.5. The SMILES string of the molecule is CCCOc1ccc(CN=C(NCC)NCC(C)(C)OC)cc1OC.I. The fraction of sp³-hybridized carbons (Fsp3) is 0.632. The molecule has 0 spiro atoms. The van der Waals surface area contributed by atoms with Crippen LogP contribution in [-0.2, 0) is 11.3 Å². The summed E-state index contributed by atoms with van der Waals surface area (Å²) in [5, 5.41) is 6.55. The number of nitrogens with one attached hydrogen (secondary N) is 2. The highest BCUT2D eigenvalue weighted by atomic mass is 127. The molecule has 0 aliphatic rings. The van der Waals surface area contributed by atoms with Crippen molar-refractivity contribution in [3.63, 3.8) is 0 Å². The summed E-state index contributed by atoms with van der Waals surface area (Å²) < 4.78 is 16.5. The molecule has 26 heavy (non-hydrogen) atoms. The van der Waals surface area contributed by atoms with Gasteiger partial charge in [-0.05, 0) is 44.9 Å². The summed E-state index contributed by atoms with van der Waals surface area (Å²) in [7, 11) is 3.36. The molecule has 6 nitrogen and oxygen atoms in total. The molecule has 0 saturated carbocycles. The van der Waals surface area contributed by atoms with Crippen molar-refractivity contribution in [2.24, 2.45) is 4.99 Å². The minimum Gasteiger partial charge on any atom is -0.493 e. The lowest BCUT2D eigenvalue weighted by molar-refractivity contribution is 0.0268. The van der Waals surface area contributed by atoms with E-state index >= 15 is 0 Å². The summed E-state index contributed by atoms with van der Waals surface area (Å²) in [5.41, 5.74) is 0.807. The van der Waals surface area contributed by atoms with Crippen LogP contribution in [0.15, 0.2) is 23.2 Å². The number of rotatable bonds is 10. The first-order chi connectivity index (χ1) is 12.0. The zero-order valence-corrected chi connectivity index (χ0v) is 19.2. The van der Waals surface area contributed by atoms with Crippen LogP contribution in [0, 0.1) is 0 Å². The molecule has 1 aromatic rings. The standard InChI is InChI=1S/C19H33N3O3.HI/c1-7-11-25-16-10-9-15(12-17(16)23-5)13-21-18(20-8-2)22-14-19(3,4)24-6;/h9-10,12H,7-8,11,13-14H2,1-6H3,(H2,20,21,22);1H. The average molecular weight is 479 g/mol. The molecule has 0 amide bonds. The van der Waals surface area contributed by atoms with Crippen LogP contribution in [0.3, 0.4) is 0 Å². The number of hydrogen-bond acceptors (Lipinski definition) is 4. The molecule has 0 atom stereocenters. The molecule has 0 aliphatic heterocycles. The van der Waals surface area contributed by atoms with E-state index in [4.69, 9.17) is 14.2 Å². The van der Waals surface area contributed by atoms with Gasteiger partial charge in [0.25, 0.3) is 0 Å². The number of ether oxygens (including phenoxy) is 3. The van der Waals surface area contributed by atoms with E-state index in [2.05, 4.69) is 22.5 Å². The molecule has 2 N–H and O–H groups in total. The second-order valence-electron chi connectivity index (χ2n) is 6.35. The maximum absolute atomic E-state index is 5.69. The Kier molecular flexibility index (Phi) is 12.4. The monoisotopic (exact) mass is 479 g/mol. The number of hydrogen-bond donors (Lipinski definition) is 2. The lowest BCUT2D eigenvalue weighted by atomic mass is 10.1. The van der Waals surface area contributed by atoms with E-state index < -0.39 is 0 Å². The summed E-state index contributed by atoms with van der Waals surface area (Å²) in [4.78, 5) is 4.63. The highest BCUT2D eigenvalue weighted by molar-refractivity contribution is 14.0. The number of benzene rings is 1. The summed E-state index contributed by atoms with van der Waals surface area (Å²) in [5.74, 6) is 2.27. The quantitative estimate of drug-likeness (QED) is 0.305. The number of methoxy groups -OCH3 is 2. The maximum Gasteiger partial charge on any atom is 0.191 e. The van der Waals surface area contributed by atoms with Gasteiger partial charge in [0, 0.05) is 20.2 Å². The minimum absolute atomic E-state index is 0. The smallest absolute Gasteiger partial charge is 0.191 e. The van der Waals surface area contributed by atoms with Gasteiger partial charge in [-0.1, -0.05) is 13.0 Å². The van der Waals surface area contributed by atoms with Crippen molar-refractivity contribution in [2.45, 2.75) is 46.3 Å². The van der Waals surface area contributed by atoms with E-state index in [0.29, 0.717) is 19.7 Å². The first kappa shape index (κ1) is 24.8. The largest absolute Gasteiger partial charge is 0.493 e. The first-order valence-corrected chi connectivity index (χ1v) is 8.82. The molecule has 1 rings (SSSR count). The van der Waals surface area contributed by atoms with Crippen LogP contribution in [0.5, 0.6) is 11.5 Å². The van der Waals surface area contributed by atoms with E-state index in [1.807, 2.05) is 39.0 Å². The van der Waals surface area contributed by atoms with Crippen LogP contribution in [0.1, 0.15) is 39.7 Å². The Balaban J connectivity index is 0.00000625. The lowest BCUT2D eigenvalue weighted by Crippen LogP contribution is -2.45. The fourth-order valence-corrected chi connectivity index (χ4v) is 2.02. The Morgan fingerprint density at radius 1 is 1.12 bits per heavy atom. The van der Waals surface area contributed by atoms with Crippen molar-refractivity contribution in [3.8, 4) is 11.5 Å². The second kappa shape index (κ2) is 13.0. The molecule has 7 heteroatoms. The van der Waals surface area contributed by atoms with Gasteiger partial charge in [-0.25, -0.2) is 4.99 Å². The van der Waals surface area contributed by atoms with E-state index in [0.717, 1.165) is 36.0 Å². The molecule has 1 aromatic carbocycles. The molecule has 0 saturated heterocycles. The highest BCUT2D eigenvalue weighted by Gasteiger charge is 2.16. The van der Waals surface area contributed by atoms with Crippen molar-refractivity contribution < 1.29 is 14.2 Å². The van der Waals surface area contributed by atoms with Crippen molar-refractivity contribution >= 4 is 29.9 Å². The number of nitrogens with zero attached hydrogens (tertiary/aromatic N) is 1. The van der Waals surface area contributed by atoms with Crippen molar-refractivity contribution in [1.82, 2.24) is 10.6 Å². The van der Waals surface area contributed by atoms with Gasteiger partial charge in [0.2, 0.25) is 0 Å². The van der Waals surface area contributed by atoms with Gasteiger partial charge in [0.05, 0.1) is 25.9 Å². The van der Waals surface area contributed by atoms with Gasteiger partial charge in [0.1, 0.15) is 0 Å². The highest BCUT2D eigenvalue weighted by Crippen LogP contribution is 2.28. The Morgan fingerprint density at radius 2 is 1.85 bits per heavy atom. The molecule has 0 fully saturated rings. The molecule has 0 aliphatic carbocycles. The van der Waals surface area contributed by atoms with Crippen molar-refractivity contribution in [2.75, 3.05) is 33.9 Å². The molecular weight excluding hydrogens is 445 g/mol. The zero-order chi connectivity index (χ0) is 18.7. The molecule has 0 radical (unpaired) electrons. The molecule has 150 valence electrons. The zero-order valence-electron chi connectivity index (χ0n) is 16.8. The van der Waals surface area contributed by atoms with Crippen LogP contribution in [0.4, 0.5) is 0 Å². The molecule has 0 bridgehead atoms. The van der Waals surface area contributed by atoms with Crippen molar-refractivity contribution in [3.05, 3.63) is 23.8 Å². The molecular formula is C19H34IN3O3. The van der Waals surface area contributed by atoms with Gasteiger partial charge in [-0.2, -0.15) is 0 Å². The van der Waals surface area contributed by atoms with Gasteiger partial charge in [-0.15, -0.1) is 24.0 Å². The molecule has 0 unspecified atom stereocenters. The van der Waals surface area contributed by atoms with Gasteiger partial charge in [0.15, 0.2) is 17.5 Å². The van der Waals surface area contributed by atoms with Crippen molar-refractivity contribution in [1.29, 1.82) is 0 Å². The Bertz CT molecular complexity index is 551. The number of aliphatic imine (C=N–C) groups is 1. The van der Waals surface area contributed by atoms with Crippen LogP contribution < -0.4 is 20.1 Å². The summed E-state index contributed by atoms with van der Waals surface area (Å²) in [6.45, 7) is 10.9. The first-order valence-electron chi connectivity index (χ1n) is 8.82. The Hall–Kier alpha value is -1.22. The maximum atomic E-state index is 5.69. The van der Waals surface area contributed by atoms with Crippen LogP contribution in [-0.4, -0.2) is 45.5 Å². The van der Waals surface area contributed by atoms with Gasteiger partial charge < -0.3 is 24.8 Å². The van der Waals surface area contributed by atoms with Crippen LogP contribution in [0.25, 0.3) is 0 Å². The molecule has 0 heterocycles. The Labute approximate surface area is 175 Å². The predicted octanol–water partition coefficient (Wildman–Crippen LogP) is 3.58. The van der Waals surface area contributed by atoms with E-state index in [-0.39, 0.29) is 29.6 Å². The van der Waals surface area contributed by atoms with E-state index in [1.54, 1.807) is 14.2 Å². The average Bonchev–Trinajstić information content (AvgIpc) is 2.62. The van der Waals surface area contributed by atoms with Gasteiger partial charge >= 0.3 is 0 Å². The summed E-state index contributed by atoms with van der Waals surface area (Å²) in [6.07, 6.45) is 0.963. The lowest BCUT2D eigenvalue weighted by Gasteiger charge is -2.24. The third-order valence-corrected chi connectivity index (χ3v) is 3.69. The van der Waals surface area contributed by atoms with E-state index in [1.165, 1.54) is 0 Å². The van der Waals surface area contributed by atoms with Crippen LogP contribution >= 0.6 is 24.0 Å². The molecule has 0 aromatic heterocycles. The predicted molar refractivity (Wildman–Crippen MR) is 118 cm³/mol. The second-order valence-corrected chi connectivity index (χ2v) is 6.35. The van der Waals surface area contributed by atoms with Gasteiger partial charge in [-0.3, -0.25) is 0 Å². The topological polar surface area (TPSA) is 64.1 Å². The third kappa shape index (κ3) is 8.93. The fourth-order valence-electron chi connectivity index (χ4n) is 2.02. The Morgan fingerprint density at radius 3 is 2.42 bits per heavy atom. The van der Waals surface area contributed by atoms with E-state index in [9.17, 15) is 0 Å². The minimum atomic E-state index is -0.252. The number of halogens is 1. The number of guanidine groups is 1. The third-order valence-electron chi connectivity index (χ3n) is 3.69. The summed E-state index contributed by atoms with van der Waals surface area (Å²) >= 11 is 0. The van der Waals surface area contributed by atoms with Crippen LogP contribution in [0.2, 0.25) is 0 Å². The summed E-state index contributed by atoms with van der Waals surface area (Å²) in [6, 6.07) is 5.92.